The highest BCUT2D eigenvalue weighted by atomic mass is 16.6. The molecule has 1 rings (SSSR count). The Morgan fingerprint density at radius 3 is 2.73 bits per heavy atom. The number of aryl methyl sites for hydroxylation is 1. The van der Waals surface area contributed by atoms with Crippen molar-refractivity contribution in [2.45, 2.75) is 20.0 Å². The van der Waals surface area contributed by atoms with Gasteiger partial charge in [-0.1, -0.05) is 6.92 Å². The summed E-state index contributed by atoms with van der Waals surface area (Å²) in [6.07, 6.45) is 0.652. The molecule has 0 aliphatic rings. The highest BCUT2D eigenvalue weighted by molar-refractivity contribution is 5.42. The normalized spacial score (nSPS) is 9.67. The van der Waals surface area contributed by atoms with Crippen LogP contribution in [0.1, 0.15) is 18.1 Å². The predicted molar refractivity (Wildman–Crippen MR) is 53.0 cm³/mol. The highest BCUT2D eigenvalue weighted by Crippen LogP contribution is 2.18. The second-order valence-corrected chi connectivity index (χ2v) is 2.94. The highest BCUT2D eigenvalue weighted by Gasteiger charge is 2.09. The Balaban J connectivity index is 2.97. The van der Waals surface area contributed by atoms with Crippen LogP contribution in [0.25, 0.3) is 0 Å². The minimum atomic E-state index is -0.449. The van der Waals surface area contributed by atoms with E-state index in [1.54, 1.807) is 6.07 Å². The van der Waals surface area contributed by atoms with E-state index in [1.807, 2.05) is 6.92 Å². The lowest BCUT2D eigenvalue weighted by Crippen LogP contribution is -1.98. The molecule has 0 aliphatic heterocycles. The maximum Gasteiger partial charge on any atom is 0.417 e. The number of nitro benzene ring substituents is 1. The molecule has 1 aromatic rings. The minimum absolute atomic E-state index is 0.0469. The zero-order valence-electron chi connectivity index (χ0n) is 8.23. The first-order valence-corrected chi connectivity index (χ1v) is 4.44. The molecule has 5 heteroatoms. The Labute approximate surface area is 86.8 Å². The van der Waals surface area contributed by atoms with Gasteiger partial charge in [0, 0.05) is 12.1 Å². The van der Waals surface area contributed by atoms with Crippen LogP contribution in [0.4, 0.5) is 5.69 Å². The van der Waals surface area contributed by atoms with Crippen molar-refractivity contribution < 1.29 is 14.5 Å². The third-order valence-corrected chi connectivity index (χ3v) is 2.07. The molecule has 79 valence electrons. The standard InChI is InChI=1S/C10H10NO4/c1-2-8-5-10(11(13)14)4-3-9(8)6-15-7-12/h3-5H,2,6H2,1H3. The molecule has 0 saturated heterocycles. The van der Waals surface area contributed by atoms with Crippen molar-refractivity contribution in [1.82, 2.24) is 0 Å². The van der Waals surface area contributed by atoms with Crippen LogP contribution >= 0.6 is 0 Å². The van der Waals surface area contributed by atoms with E-state index in [4.69, 9.17) is 0 Å². The lowest BCUT2D eigenvalue weighted by molar-refractivity contribution is -0.384. The molecular weight excluding hydrogens is 198 g/mol. The summed E-state index contributed by atoms with van der Waals surface area (Å²) in [6.45, 7) is 3.30. The van der Waals surface area contributed by atoms with E-state index in [-0.39, 0.29) is 12.3 Å². The smallest absolute Gasteiger partial charge is 0.417 e. The number of nitro groups is 1. The summed E-state index contributed by atoms with van der Waals surface area (Å²) in [5.41, 5.74) is 1.62. The molecule has 0 bridgehead atoms. The maximum atomic E-state index is 10.5. The molecule has 0 amide bonds. The Bertz CT molecular complexity index is 376. The van der Waals surface area contributed by atoms with Crippen molar-refractivity contribution in [2.75, 3.05) is 0 Å². The molecule has 1 radical (unpaired) electrons. The van der Waals surface area contributed by atoms with Crippen LogP contribution in [-0.4, -0.2) is 11.4 Å². The number of ether oxygens (including phenoxy) is 1. The molecule has 5 nitrogen and oxygen atoms in total. The molecule has 0 atom stereocenters. The summed E-state index contributed by atoms with van der Waals surface area (Å²) in [5, 5.41) is 10.5. The van der Waals surface area contributed by atoms with Crippen LogP contribution in [0.15, 0.2) is 18.2 Å². The van der Waals surface area contributed by atoms with E-state index < -0.39 is 4.92 Å². The van der Waals surface area contributed by atoms with Crippen LogP contribution < -0.4 is 0 Å². The molecule has 15 heavy (non-hydrogen) atoms. The van der Waals surface area contributed by atoms with Crippen molar-refractivity contribution in [1.29, 1.82) is 0 Å². The number of hydrogen-bond donors (Lipinski definition) is 0. The van der Waals surface area contributed by atoms with Crippen LogP contribution in [0.3, 0.4) is 0 Å². The first-order chi connectivity index (χ1) is 7.19. The van der Waals surface area contributed by atoms with Crippen molar-refractivity contribution in [2.24, 2.45) is 0 Å². The fraction of sp³-hybridized carbons (Fsp3) is 0.300. The van der Waals surface area contributed by atoms with E-state index >= 15 is 0 Å². The molecule has 0 aliphatic carbocycles. The molecule has 0 aromatic heterocycles. The van der Waals surface area contributed by atoms with Gasteiger partial charge in [-0.3, -0.25) is 10.1 Å². The second-order valence-electron chi connectivity index (χ2n) is 2.94. The van der Waals surface area contributed by atoms with Crippen molar-refractivity contribution in [3.8, 4) is 0 Å². The lowest BCUT2D eigenvalue weighted by Gasteiger charge is -2.05. The van der Waals surface area contributed by atoms with Gasteiger partial charge in [-0.15, -0.1) is 0 Å². The molecule has 0 fully saturated rings. The van der Waals surface area contributed by atoms with Crippen LogP contribution in [0.5, 0.6) is 0 Å². The summed E-state index contributed by atoms with van der Waals surface area (Å²) >= 11 is 0. The molecule has 1 aromatic carbocycles. The van der Waals surface area contributed by atoms with Gasteiger partial charge in [-0.05, 0) is 23.6 Å². The summed E-state index contributed by atoms with van der Waals surface area (Å²) in [6, 6.07) is 4.47. The summed E-state index contributed by atoms with van der Waals surface area (Å²) < 4.78 is 4.49. The van der Waals surface area contributed by atoms with Crippen molar-refractivity contribution >= 4 is 12.2 Å². The summed E-state index contributed by atoms with van der Waals surface area (Å²) in [7, 11) is 0. The SMILES string of the molecule is CCc1cc([N+](=O)[O-])ccc1CO[C]=O. The van der Waals surface area contributed by atoms with Crippen LogP contribution in [0.2, 0.25) is 0 Å². The maximum absolute atomic E-state index is 10.5. The van der Waals surface area contributed by atoms with Crippen molar-refractivity contribution in [3.63, 3.8) is 0 Å². The molecule has 0 unspecified atom stereocenters. The first-order valence-electron chi connectivity index (χ1n) is 4.44. The van der Waals surface area contributed by atoms with Crippen molar-refractivity contribution in [3.05, 3.63) is 39.4 Å². The van der Waals surface area contributed by atoms with Gasteiger partial charge in [0.25, 0.3) is 5.69 Å². The number of non-ortho nitro benzene ring substituents is 1. The van der Waals surface area contributed by atoms with Gasteiger partial charge in [0.05, 0.1) is 4.92 Å². The average Bonchev–Trinajstić information content (AvgIpc) is 2.25. The fourth-order valence-corrected chi connectivity index (χ4v) is 1.30. The van der Waals surface area contributed by atoms with Gasteiger partial charge >= 0.3 is 6.47 Å². The van der Waals surface area contributed by atoms with Gasteiger partial charge in [0.1, 0.15) is 6.61 Å². The third-order valence-electron chi connectivity index (χ3n) is 2.07. The Hall–Kier alpha value is -1.91. The summed E-state index contributed by atoms with van der Waals surface area (Å²) in [4.78, 5) is 20.0. The van der Waals surface area contributed by atoms with E-state index in [0.717, 1.165) is 11.1 Å². The summed E-state index contributed by atoms with van der Waals surface area (Å²) in [5.74, 6) is 0. The van der Waals surface area contributed by atoms with E-state index in [9.17, 15) is 14.9 Å². The Kier molecular flexibility index (Phi) is 3.79. The minimum Gasteiger partial charge on any atom is -0.452 e. The number of carbonyl (C=O) groups excluding carboxylic acids is 1. The first kappa shape index (κ1) is 11.2. The molecular formula is C10H10NO4. The van der Waals surface area contributed by atoms with Gasteiger partial charge in [0.2, 0.25) is 0 Å². The largest absolute Gasteiger partial charge is 0.452 e. The fourth-order valence-electron chi connectivity index (χ4n) is 1.30. The Morgan fingerprint density at radius 1 is 1.47 bits per heavy atom. The molecule has 0 N–H and O–H groups in total. The molecule has 0 saturated carbocycles. The van der Waals surface area contributed by atoms with Crippen LogP contribution in [0, 0.1) is 10.1 Å². The number of benzene rings is 1. The lowest BCUT2D eigenvalue weighted by atomic mass is 10.1. The number of hydrogen-bond acceptors (Lipinski definition) is 4. The van der Waals surface area contributed by atoms with E-state index in [0.29, 0.717) is 6.42 Å². The monoisotopic (exact) mass is 208 g/mol. The number of rotatable bonds is 5. The topological polar surface area (TPSA) is 69.4 Å². The Morgan fingerprint density at radius 2 is 2.20 bits per heavy atom. The zero-order chi connectivity index (χ0) is 11.3. The van der Waals surface area contributed by atoms with Gasteiger partial charge in [-0.25, -0.2) is 4.79 Å². The van der Waals surface area contributed by atoms with Gasteiger partial charge in [0.15, 0.2) is 0 Å². The van der Waals surface area contributed by atoms with E-state index in [1.165, 1.54) is 18.6 Å². The molecule has 0 heterocycles. The second kappa shape index (κ2) is 5.09. The van der Waals surface area contributed by atoms with Gasteiger partial charge < -0.3 is 4.74 Å². The van der Waals surface area contributed by atoms with E-state index in [2.05, 4.69) is 4.74 Å². The molecule has 0 spiro atoms. The number of nitrogens with zero attached hydrogens (tertiary/aromatic N) is 1. The average molecular weight is 208 g/mol. The van der Waals surface area contributed by atoms with Crippen LogP contribution in [-0.2, 0) is 22.6 Å². The predicted octanol–water partition coefficient (Wildman–Crippen LogP) is 1.74. The van der Waals surface area contributed by atoms with Gasteiger partial charge in [-0.2, -0.15) is 0 Å². The third kappa shape index (κ3) is 2.77. The zero-order valence-corrected chi connectivity index (χ0v) is 8.23. The quantitative estimate of drug-likeness (QED) is 0.545.